The largest absolute Gasteiger partial charge is 0.481 e. The highest BCUT2D eigenvalue weighted by atomic mass is 16.5. The minimum absolute atomic E-state index is 0.0359. The first kappa shape index (κ1) is 24.3. The Morgan fingerprint density at radius 1 is 1.03 bits per heavy atom. The van der Waals surface area contributed by atoms with Gasteiger partial charge in [0.05, 0.1) is 12.5 Å². The van der Waals surface area contributed by atoms with Gasteiger partial charge in [0.1, 0.15) is 12.6 Å². The maximum Gasteiger partial charge on any atom is 0.407 e. The van der Waals surface area contributed by atoms with Crippen molar-refractivity contribution >= 4 is 18.0 Å². The van der Waals surface area contributed by atoms with Gasteiger partial charge in [0.15, 0.2) is 0 Å². The molecule has 3 rings (SSSR count). The predicted molar refractivity (Wildman–Crippen MR) is 123 cm³/mol. The number of hydrogen-bond acceptors (Lipinski definition) is 5. The van der Waals surface area contributed by atoms with Crippen molar-refractivity contribution in [3.8, 4) is 11.1 Å². The number of carbonyl (C=O) groups excluding carboxylic acids is 2. The van der Waals surface area contributed by atoms with E-state index < -0.39 is 30.1 Å². The van der Waals surface area contributed by atoms with E-state index in [2.05, 4.69) is 22.8 Å². The molecule has 0 heterocycles. The Labute approximate surface area is 193 Å². The van der Waals surface area contributed by atoms with Gasteiger partial charge >= 0.3 is 12.1 Å². The molecule has 8 heteroatoms. The summed E-state index contributed by atoms with van der Waals surface area (Å²) in [6.07, 6.45) is -0.450. The van der Waals surface area contributed by atoms with Crippen LogP contribution in [0.5, 0.6) is 0 Å². The van der Waals surface area contributed by atoms with Gasteiger partial charge in [0.25, 0.3) is 0 Å². The highest BCUT2D eigenvalue weighted by Gasteiger charge is 2.29. The summed E-state index contributed by atoms with van der Waals surface area (Å²) in [5.41, 5.74) is 4.50. The lowest BCUT2D eigenvalue weighted by Gasteiger charge is -2.21. The summed E-state index contributed by atoms with van der Waals surface area (Å²) < 4.78 is 10.6. The van der Waals surface area contributed by atoms with Gasteiger partial charge < -0.3 is 25.2 Å². The van der Waals surface area contributed by atoms with Gasteiger partial charge in [-0.15, -0.1) is 0 Å². The number of carboxylic acid groups (broad SMARTS) is 1. The maximum atomic E-state index is 12.6. The fourth-order valence-electron chi connectivity index (χ4n) is 4.11. The van der Waals surface area contributed by atoms with Gasteiger partial charge in [-0.1, -0.05) is 61.9 Å². The zero-order chi connectivity index (χ0) is 23.8. The average Bonchev–Trinajstić information content (AvgIpc) is 3.13. The Bertz CT molecular complexity index is 947. The van der Waals surface area contributed by atoms with E-state index in [0.29, 0.717) is 12.8 Å². The Balaban J connectivity index is 1.58. The first-order valence-electron chi connectivity index (χ1n) is 11.1. The zero-order valence-corrected chi connectivity index (χ0v) is 18.9. The summed E-state index contributed by atoms with van der Waals surface area (Å²) in [4.78, 5) is 36.0. The molecular weight excluding hydrogens is 424 g/mol. The Kier molecular flexibility index (Phi) is 8.43. The molecule has 1 aliphatic carbocycles. The fraction of sp³-hybridized carbons (Fsp3) is 0.400. The molecule has 0 spiro atoms. The van der Waals surface area contributed by atoms with Crippen LogP contribution in [0.4, 0.5) is 4.79 Å². The van der Waals surface area contributed by atoms with Crippen molar-refractivity contribution in [3.63, 3.8) is 0 Å². The Morgan fingerprint density at radius 2 is 1.64 bits per heavy atom. The van der Waals surface area contributed by atoms with Crippen LogP contribution in [-0.4, -0.2) is 55.5 Å². The molecule has 2 atom stereocenters. The number of aliphatic carboxylic acids is 1. The summed E-state index contributed by atoms with van der Waals surface area (Å²) >= 11 is 0. The van der Waals surface area contributed by atoms with Crippen molar-refractivity contribution in [1.82, 2.24) is 10.6 Å². The van der Waals surface area contributed by atoms with E-state index in [4.69, 9.17) is 14.6 Å². The fourth-order valence-corrected chi connectivity index (χ4v) is 4.11. The van der Waals surface area contributed by atoms with E-state index in [-0.39, 0.29) is 25.5 Å². The van der Waals surface area contributed by atoms with Gasteiger partial charge in [-0.05, 0) is 28.7 Å². The summed E-state index contributed by atoms with van der Waals surface area (Å²) in [5, 5.41) is 14.2. The lowest BCUT2D eigenvalue weighted by Crippen LogP contribution is -2.48. The third-order valence-corrected chi connectivity index (χ3v) is 5.77. The predicted octanol–water partition coefficient (Wildman–Crippen LogP) is 3.30. The lowest BCUT2D eigenvalue weighted by atomic mass is 9.98. The quantitative estimate of drug-likeness (QED) is 0.480. The average molecular weight is 455 g/mol. The van der Waals surface area contributed by atoms with E-state index in [1.165, 1.54) is 7.11 Å². The molecule has 176 valence electrons. The van der Waals surface area contributed by atoms with E-state index in [1.54, 1.807) is 0 Å². The molecule has 0 fully saturated rings. The molecule has 0 saturated carbocycles. The molecule has 3 N–H and O–H groups in total. The van der Waals surface area contributed by atoms with Crippen molar-refractivity contribution in [3.05, 3.63) is 59.7 Å². The molecule has 2 aromatic rings. The number of ether oxygens (including phenoxy) is 2. The Morgan fingerprint density at radius 3 is 2.18 bits per heavy atom. The lowest BCUT2D eigenvalue weighted by molar-refractivity contribution is -0.140. The van der Waals surface area contributed by atoms with E-state index in [0.717, 1.165) is 22.3 Å². The van der Waals surface area contributed by atoms with Crippen LogP contribution >= 0.6 is 0 Å². The molecule has 0 bridgehead atoms. The van der Waals surface area contributed by atoms with E-state index in [1.807, 2.05) is 43.3 Å². The molecule has 33 heavy (non-hydrogen) atoms. The SMILES string of the molecule is CCC[C@@H](NC(=O)OCC1c2ccccc2-c2ccccc21)C(=O)NCC(CC(=O)O)OC. The van der Waals surface area contributed by atoms with Crippen LogP contribution in [0, 0.1) is 0 Å². The molecule has 8 nitrogen and oxygen atoms in total. The van der Waals surface area contributed by atoms with Gasteiger partial charge in [-0.3, -0.25) is 9.59 Å². The van der Waals surface area contributed by atoms with Gasteiger partial charge in [-0.25, -0.2) is 4.79 Å². The zero-order valence-electron chi connectivity index (χ0n) is 18.9. The van der Waals surface area contributed by atoms with Crippen molar-refractivity contribution < 1.29 is 29.0 Å². The van der Waals surface area contributed by atoms with Crippen LogP contribution in [0.2, 0.25) is 0 Å². The maximum absolute atomic E-state index is 12.6. The van der Waals surface area contributed by atoms with Crippen molar-refractivity contribution in [1.29, 1.82) is 0 Å². The molecule has 0 radical (unpaired) electrons. The summed E-state index contributed by atoms with van der Waals surface area (Å²) in [6, 6.07) is 15.3. The summed E-state index contributed by atoms with van der Waals surface area (Å²) in [5.74, 6) is -1.49. The second kappa shape index (κ2) is 11.5. The number of amides is 2. The smallest absolute Gasteiger partial charge is 0.407 e. The van der Waals surface area contributed by atoms with Crippen molar-refractivity contribution in [2.24, 2.45) is 0 Å². The third-order valence-electron chi connectivity index (χ3n) is 5.77. The van der Waals surface area contributed by atoms with Crippen LogP contribution in [0.3, 0.4) is 0 Å². The number of alkyl carbamates (subject to hydrolysis) is 1. The topological polar surface area (TPSA) is 114 Å². The third kappa shape index (κ3) is 6.10. The number of carboxylic acids is 1. The molecule has 0 saturated heterocycles. The first-order valence-corrected chi connectivity index (χ1v) is 11.1. The molecule has 0 aromatic heterocycles. The number of hydrogen-bond donors (Lipinski definition) is 3. The molecule has 2 aromatic carbocycles. The van der Waals surface area contributed by atoms with Gasteiger partial charge in [-0.2, -0.15) is 0 Å². The van der Waals surface area contributed by atoms with Crippen molar-refractivity contribution in [2.75, 3.05) is 20.3 Å². The standard InChI is InChI=1S/C25H30N2O6/c1-3-8-22(24(30)26-14-16(32-2)13-23(28)29)27-25(31)33-15-21-19-11-6-4-9-17(19)18-10-5-7-12-20(18)21/h4-7,9-12,16,21-22H,3,8,13-15H2,1-2H3,(H,26,30)(H,27,31)(H,28,29)/t16?,22-/m1/s1. The van der Waals surface area contributed by atoms with E-state index >= 15 is 0 Å². The monoisotopic (exact) mass is 454 g/mol. The first-order chi connectivity index (χ1) is 15.9. The number of nitrogens with one attached hydrogen (secondary N) is 2. The number of fused-ring (bicyclic) bond motifs is 3. The highest BCUT2D eigenvalue weighted by Crippen LogP contribution is 2.44. The minimum Gasteiger partial charge on any atom is -0.481 e. The molecule has 2 amide bonds. The second-order valence-corrected chi connectivity index (χ2v) is 8.01. The highest BCUT2D eigenvalue weighted by molar-refractivity contribution is 5.85. The van der Waals surface area contributed by atoms with Crippen LogP contribution in [-0.2, 0) is 19.1 Å². The van der Waals surface area contributed by atoms with Gasteiger partial charge in [0, 0.05) is 19.6 Å². The van der Waals surface area contributed by atoms with E-state index in [9.17, 15) is 14.4 Å². The molecule has 0 aliphatic heterocycles. The van der Waals surface area contributed by atoms with Crippen LogP contribution < -0.4 is 10.6 Å². The van der Waals surface area contributed by atoms with Crippen LogP contribution in [0.15, 0.2) is 48.5 Å². The summed E-state index contributed by atoms with van der Waals surface area (Å²) in [7, 11) is 1.39. The number of benzene rings is 2. The van der Waals surface area contributed by atoms with Crippen LogP contribution in [0.25, 0.3) is 11.1 Å². The summed E-state index contributed by atoms with van der Waals surface area (Å²) in [6.45, 7) is 2.10. The van der Waals surface area contributed by atoms with Crippen molar-refractivity contribution in [2.45, 2.75) is 44.2 Å². The van der Waals surface area contributed by atoms with Gasteiger partial charge in [0.2, 0.25) is 5.91 Å². The molecule has 1 aliphatic rings. The minimum atomic E-state index is -1.02. The second-order valence-electron chi connectivity index (χ2n) is 8.01. The molecular formula is C25H30N2O6. The molecule has 1 unspecified atom stereocenters. The Hall–Kier alpha value is -3.39. The number of methoxy groups -OCH3 is 1. The normalized spacial score (nSPS) is 14.0. The number of carbonyl (C=O) groups is 3. The number of rotatable bonds is 11. The van der Waals surface area contributed by atoms with Crippen LogP contribution in [0.1, 0.15) is 43.2 Å².